The molecule has 7 heteroatoms. The SMILES string of the molecule is CN1C(=O)C(=Cc2ccc(N(C)c3ccccc3)s2)C(=O)N(C)C1=S. The van der Waals surface area contributed by atoms with Gasteiger partial charge < -0.3 is 4.90 Å². The zero-order chi connectivity index (χ0) is 18.1. The van der Waals surface area contributed by atoms with Crippen molar-refractivity contribution in [2.24, 2.45) is 0 Å². The van der Waals surface area contributed by atoms with Crippen LogP contribution in [0.4, 0.5) is 10.7 Å². The number of rotatable bonds is 3. The molecule has 2 heterocycles. The number of para-hydroxylation sites is 1. The predicted molar refractivity (Wildman–Crippen MR) is 105 cm³/mol. The third-order valence-corrected chi connectivity index (χ3v) is 5.67. The number of thiophene rings is 1. The van der Waals surface area contributed by atoms with Crippen LogP contribution >= 0.6 is 23.6 Å². The van der Waals surface area contributed by atoms with E-state index in [-0.39, 0.29) is 22.5 Å². The minimum absolute atomic E-state index is 0.120. The Morgan fingerprint density at radius 1 is 1.00 bits per heavy atom. The second-order valence-electron chi connectivity index (χ2n) is 5.64. The summed E-state index contributed by atoms with van der Waals surface area (Å²) in [6, 6.07) is 13.9. The van der Waals surface area contributed by atoms with Gasteiger partial charge in [0, 0.05) is 31.7 Å². The van der Waals surface area contributed by atoms with Gasteiger partial charge in [-0.05, 0) is 42.6 Å². The first-order chi connectivity index (χ1) is 11.9. The zero-order valence-corrected chi connectivity index (χ0v) is 15.7. The molecule has 1 aromatic heterocycles. The van der Waals surface area contributed by atoms with Crippen molar-refractivity contribution in [1.82, 2.24) is 9.80 Å². The summed E-state index contributed by atoms with van der Waals surface area (Å²) in [6.07, 6.45) is 1.63. The van der Waals surface area contributed by atoms with Crippen LogP contribution in [0.3, 0.4) is 0 Å². The molecule has 0 unspecified atom stereocenters. The Labute approximate surface area is 155 Å². The van der Waals surface area contributed by atoms with Gasteiger partial charge in [0.2, 0.25) is 0 Å². The second kappa shape index (κ2) is 6.78. The molecule has 0 radical (unpaired) electrons. The molecule has 1 aliphatic rings. The van der Waals surface area contributed by atoms with E-state index in [1.54, 1.807) is 20.2 Å². The number of anilines is 2. The summed E-state index contributed by atoms with van der Waals surface area (Å²) in [7, 11) is 5.13. The van der Waals surface area contributed by atoms with E-state index >= 15 is 0 Å². The van der Waals surface area contributed by atoms with Gasteiger partial charge in [-0.15, -0.1) is 11.3 Å². The van der Waals surface area contributed by atoms with Gasteiger partial charge in [-0.1, -0.05) is 18.2 Å². The van der Waals surface area contributed by atoms with Crippen molar-refractivity contribution in [3.63, 3.8) is 0 Å². The van der Waals surface area contributed by atoms with E-state index in [0.717, 1.165) is 15.6 Å². The Bertz CT molecular complexity index is 847. The Balaban J connectivity index is 1.90. The standard InChI is InChI=1S/C18H17N3O2S2/c1-19(12-7-5-4-6-8-12)15-10-9-13(25-15)11-14-16(22)20(2)18(24)21(3)17(14)23/h4-11H,1-3H3. The molecule has 2 amide bonds. The summed E-state index contributed by atoms with van der Waals surface area (Å²) < 4.78 is 0. The Hall–Kier alpha value is -2.51. The van der Waals surface area contributed by atoms with Crippen molar-refractivity contribution in [2.75, 3.05) is 26.0 Å². The smallest absolute Gasteiger partial charge is 0.265 e. The van der Waals surface area contributed by atoms with Gasteiger partial charge in [-0.2, -0.15) is 0 Å². The molecule has 128 valence electrons. The molecular formula is C18H17N3O2S2. The quantitative estimate of drug-likeness (QED) is 0.472. The molecular weight excluding hydrogens is 354 g/mol. The highest BCUT2D eigenvalue weighted by Gasteiger charge is 2.35. The molecule has 25 heavy (non-hydrogen) atoms. The highest BCUT2D eigenvalue weighted by Crippen LogP contribution is 2.32. The van der Waals surface area contributed by atoms with E-state index in [4.69, 9.17) is 12.2 Å². The Morgan fingerprint density at radius 2 is 1.60 bits per heavy atom. The van der Waals surface area contributed by atoms with Crippen molar-refractivity contribution in [3.8, 4) is 0 Å². The lowest BCUT2D eigenvalue weighted by Gasteiger charge is -2.31. The number of hydrogen-bond acceptors (Lipinski definition) is 5. The number of benzene rings is 1. The third-order valence-electron chi connectivity index (χ3n) is 4.02. The monoisotopic (exact) mass is 371 g/mol. The third kappa shape index (κ3) is 3.20. The van der Waals surface area contributed by atoms with Crippen LogP contribution in [0.1, 0.15) is 4.88 Å². The molecule has 1 aromatic carbocycles. The first-order valence-corrected chi connectivity index (χ1v) is 8.83. The van der Waals surface area contributed by atoms with Crippen LogP contribution in [0.25, 0.3) is 6.08 Å². The number of nitrogens with zero attached hydrogens (tertiary/aromatic N) is 3. The van der Waals surface area contributed by atoms with Gasteiger partial charge in [-0.25, -0.2) is 0 Å². The van der Waals surface area contributed by atoms with Gasteiger partial charge in [0.05, 0.1) is 5.00 Å². The minimum Gasteiger partial charge on any atom is -0.336 e. The van der Waals surface area contributed by atoms with Crippen LogP contribution in [0.5, 0.6) is 0 Å². The van der Waals surface area contributed by atoms with Crippen LogP contribution in [0.15, 0.2) is 48.0 Å². The maximum atomic E-state index is 12.4. The van der Waals surface area contributed by atoms with E-state index in [2.05, 4.69) is 4.90 Å². The van der Waals surface area contributed by atoms with E-state index in [1.165, 1.54) is 21.1 Å². The number of carbonyl (C=O) groups is 2. The number of likely N-dealkylation sites (N-methyl/N-ethyl adjacent to an activating group) is 2. The molecule has 0 atom stereocenters. The molecule has 5 nitrogen and oxygen atoms in total. The average molecular weight is 371 g/mol. The normalized spacial score (nSPS) is 15.0. The van der Waals surface area contributed by atoms with Gasteiger partial charge in [0.1, 0.15) is 5.57 Å². The van der Waals surface area contributed by atoms with Crippen LogP contribution in [0.2, 0.25) is 0 Å². The molecule has 3 rings (SSSR count). The Kier molecular flexibility index (Phi) is 4.69. The first-order valence-electron chi connectivity index (χ1n) is 7.60. The summed E-state index contributed by atoms with van der Waals surface area (Å²) in [5.41, 5.74) is 1.19. The number of carbonyl (C=O) groups excluding carboxylic acids is 2. The van der Waals surface area contributed by atoms with E-state index in [0.29, 0.717) is 0 Å². The molecule has 1 aliphatic heterocycles. The second-order valence-corrected chi connectivity index (χ2v) is 7.10. The first kappa shape index (κ1) is 17.3. The maximum absolute atomic E-state index is 12.4. The summed E-state index contributed by atoms with van der Waals surface area (Å²) in [5, 5.41) is 1.23. The lowest BCUT2D eigenvalue weighted by Crippen LogP contribution is -2.52. The molecule has 0 bridgehead atoms. The fraction of sp³-hybridized carbons (Fsp3) is 0.167. The predicted octanol–water partition coefficient (Wildman–Crippen LogP) is 3.11. The number of thiocarbonyl (C=S) groups is 1. The molecule has 0 N–H and O–H groups in total. The molecule has 2 aromatic rings. The van der Waals surface area contributed by atoms with Crippen molar-refractivity contribution in [1.29, 1.82) is 0 Å². The summed E-state index contributed by atoms with van der Waals surface area (Å²) in [6.45, 7) is 0. The summed E-state index contributed by atoms with van der Waals surface area (Å²) in [4.78, 5) is 30.3. The topological polar surface area (TPSA) is 43.9 Å². The van der Waals surface area contributed by atoms with Crippen LogP contribution < -0.4 is 4.90 Å². The molecule has 1 saturated heterocycles. The maximum Gasteiger partial charge on any atom is 0.265 e. The van der Waals surface area contributed by atoms with Crippen LogP contribution in [-0.2, 0) is 9.59 Å². The van der Waals surface area contributed by atoms with Crippen molar-refractivity contribution >= 4 is 57.2 Å². The molecule has 0 spiro atoms. The summed E-state index contributed by atoms with van der Waals surface area (Å²) >= 11 is 6.61. The lowest BCUT2D eigenvalue weighted by molar-refractivity contribution is -0.132. The van der Waals surface area contributed by atoms with E-state index in [1.807, 2.05) is 49.5 Å². The van der Waals surface area contributed by atoms with Crippen molar-refractivity contribution in [3.05, 3.63) is 52.9 Å². The Morgan fingerprint density at radius 3 is 2.20 bits per heavy atom. The van der Waals surface area contributed by atoms with E-state index in [9.17, 15) is 9.59 Å². The van der Waals surface area contributed by atoms with E-state index < -0.39 is 0 Å². The van der Waals surface area contributed by atoms with Gasteiger partial charge >= 0.3 is 0 Å². The lowest BCUT2D eigenvalue weighted by atomic mass is 10.1. The number of amides is 2. The van der Waals surface area contributed by atoms with Gasteiger partial charge in [-0.3, -0.25) is 19.4 Å². The van der Waals surface area contributed by atoms with Crippen LogP contribution in [-0.4, -0.2) is 47.9 Å². The van der Waals surface area contributed by atoms with Crippen molar-refractivity contribution in [2.45, 2.75) is 0 Å². The fourth-order valence-corrected chi connectivity index (χ4v) is 3.59. The summed E-state index contributed by atoms with van der Waals surface area (Å²) in [5.74, 6) is -0.751. The fourth-order valence-electron chi connectivity index (χ4n) is 2.50. The van der Waals surface area contributed by atoms with Gasteiger partial charge in [0.15, 0.2) is 5.11 Å². The minimum atomic E-state index is -0.375. The van der Waals surface area contributed by atoms with Crippen molar-refractivity contribution < 1.29 is 9.59 Å². The largest absolute Gasteiger partial charge is 0.336 e. The highest BCUT2D eigenvalue weighted by molar-refractivity contribution is 7.80. The van der Waals surface area contributed by atoms with Gasteiger partial charge in [0.25, 0.3) is 11.8 Å². The zero-order valence-electron chi connectivity index (χ0n) is 14.1. The van der Waals surface area contributed by atoms with Crippen LogP contribution in [0, 0.1) is 0 Å². The molecule has 1 fully saturated rings. The number of hydrogen-bond donors (Lipinski definition) is 0. The highest BCUT2D eigenvalue weighted by atomic mass is 32.1. The molecule has 0 saturated carbocycles. The average Bonchev–Trinajstić information content (AvgIpc) is 3.10. The molecule has 0 aliphatic carbocycles.